The van der Waals surface area contributed by atoms with Crippen LogP contribution in [-0.4, -0.2) is 37.4 Å². The monoisotopic (exact) mass is 590 g/mol. The second kappa shape index (κ2) is 11.4. The highest BCUT2D eigenvalue weighted by molar-refractivity contribution is 5.83. The van der Waals surface area contributed by atoms with Crippen molar-refractivity contribution in [2.24, 2.45) is 0 Å². The molecule has 2 aliphatic rings. The fourth-order valence-electron chi connectivity index (χ4n) is 6.23. The molecule has 1 aliphatic carbocycles. The van der Waals surface area contributed by atoms with Crippen LogP contribution in [0.2, 0.25) is 0 Å². The van der Waals surface area contributed by atoms with E-state index in [1.807, 2.05) is 42.7 Å². The maximum absolute atomic E-state index is 13.7. The summed E-state index contributed by atoms with van der Waals surface area (Å²) in [4.78, 5) is 41.3. The Bertz CT molecular complexity index is 1760. The molecule has 1 amide bonds. The maximum Gasteiger partial charge on any atom is 0.256 e. The van der Waals surface area contributed by atoms with Crippen LogP contribution in [0.3, 0.4) is 0 Å². The van der Waals surface area contributed by atoms with Crippen molar-refractivity contribution in [1.82, 2.24) is 19.9 Å². The summed E-state index contributed by atoms with van der Waals surface area (Å²) in [5, 5.41) is 11.3. The predicted molar refractivity (Wildman–Crippen MR) is 172 cm³/mol. The Morgan fingerprint density at radius 3 is 2.43 bits per heavy atom. The smallest absolute Gasteiger partial charge is 0.256 e. The minimum absolute atomic E-state index is 0.00885. The standard InChI is InChI=1S/C37H42N4O3/c1-23(2)27-19-29(21-38-20-27)37(14-15-37)35-39-31-13-8-16-41(22-30(31)33(43)40-35)34(44)32(42)26-11-6-9-24(17-26)25-10-7-12-28(18-25)36(3,4)5/h6-7,9-12,17-21,23,32,42H,8,13-16,22H2,1-5H3,(H,39,40,43). The normalized spacial score (nSPS) is 16.8. The van der Waals surface area contributed by atoms with E-state index in [4.69, 9.17) is 4.98 Å². The van der Waals surface area contributed by atoms with Gasteiger partial charge in [-0.3, -0.25) is 14.6 Å². The molecule has 2 aromatic heterocycles. The number of aromatic nitrogens is 3. The van der Waals surface area contributed by atoms with Gasteiger partial charge < -0.3 is 15.0 Å². The molecule has 44 heavy (non-hydrogen) atoms. The predicted octanol–water partition coefficient (Wildman–Crippen LogP) is 6.34. The van der Waals surface area contributed by atoms with E-state index >= 15 is 0 Å². The van der Waals surface area contributed by atoms with Crippen molar-refractivity contribution in [3.8, 4) is 11.1 Å². The number of carbonyl (C=O) groups excluding carboxylic acids is 1. The van der Waals surface area contributed by atoms with E-state index in [0.29, 0.717) is 42.3 Å². The van der Waals surface area contributed by atoms with Gasteiger partial charge in [-0.25, -0.2) is 4.98 Å². The maximum atomic E-state index is 13.7. The summed E-state index contributed by atoms with van der Waals surface area (Å²) in [6, 6.07) is 18.1. The number of nitrogens with zero attached hydrogens (tertiary/aromatic N) is 3. The molecule has 1 saturated carbocycles. The van der Waals surface area contributed by atoms with Crippen LogP contribution < -0.4 is 5.56 Å². The van der Waals surface area contributed by atoms with Crippen molar-refractivity contribution in [1.29, 1.82) is 0 Å². The summed E-state index contributed by atoms with van der Waals surface area (Å²) in [7, 11) is 0. The zero-order valence-corrected chi connectivity index (χ0v) is 26.4. The Kier molecular flexibility index (Phi) is 7.78. The van der Waals surface area contributed by atoms with Crippen molar-refractivity contribution in [2.45, 2.75) is 89.7 Å². The minimum Gasteiger partial charge on any atom is -0.378 e. The number of aryl methyl sites for hydroxylation is 1. The van der Waals surface area contributed by atoms with Crippen molar-refractivity contribution in [3.63, 3.8) is 0 Å². The highest BCUT2D eigenvalue weighted by Gasteiger charge is 2.49. The molecule has 0 spiro atoms. The van der Waals surface area contributed by atoms with Crippen LogP contribution in [-0.2, 0) is 28.6 Å². The Hall–Kier alpha value is -4.10. The third kappa shape index (κ3) is 5.73. The molecule has 1 fully saturated rings. The Labute approximate surface area is 259 Å². The van der Waals surface area contributed by atoms with Gasteiger partial charge in [-0.1, -0.05) is 83.1 Å². The van der Waals surface area contributed by atoms with E-state index in [0.717, 1.165) is 35.2 Å². The number of amides is 1. The van der Waals surface area contributed by atoms with Gasteiger partial charge >= 0.3 is 0 Å². The van der Waals surface area contributed by atoms with Crippen molar-refractivity contribution in [2.75, 3.05) is 6.54 Å². The molecular formula is C37H42N4O3. The molecule has 0 radical (unpaired) electrons. The topological polar surface area (TPSA) is 99.2 Å². The van der Waals surface area contributed by atoms with Crippen molar-refractivity contribution >= 4 is 5.91 Å². The molecular weight excluding hydrogens is 548 g/mol. The molecule has 3 heterocycles. The van der Waals surface area contributed by atoms with Gasteiger partial charge in [-0.15, -0.1) is 0 Å². The van der Waals surface area contributed by atoms with Crippen LogP contribution in [0, 0.1) is 0 Å². The average Bonchev–Trinajstić information content (AvgIpc) is 3.85. The zero-order valence-electron chi connectivity index (χ0n) is 26.4. The van der Waals surface area contributed by atoms with E-state index in [1.54, 1.807) is 11.0 Å². The number of hydrogen-bond donors (Lipinski definition) is 2. The summed E-state index contributed by atoms with van der Waals surface area (Å²) in [6.45, 7) is 11.4. The van der Waals surface area contributed by atoms with Gasteiger partial charge in [-0.05, 0) is 76.5 Å². The molecule has 7 heteroatoms. The first-order chi connectivity index (χ1) is 21.0. The number of hydrogen-bond acceptors (Lipinski definition) is 5. The Morgan fingerprint density at radius 2 is 1.73 bits per heavy atom. The minimum atomic E-state index is -1.33. The van der Waals surface area contributed by atoms with Gasteiger partial charge in [0.15, 0.2) is 6.10 Å². The summed E-state index contributed by atoms with van der Waals surface area (Å²) in [6.07, 6.45) is 5.55. The second-order valence-corrected chi connectivity index (χ2v) is 13.8. The number of rotatable bonds is 6. The molecule has 1 atom stereocenters. The van der Waals surface area contributed by atoms with Crippen LogP contribution in [0.15, 0.2) is 71.8 Å². The molecule has 4 aromatic rings. The lowest BCUT2D eigenvalue weighted by atomic mass is 9.85. The SMILES string of the molecule is CC(C)c1cncc(C2(c3nc4c(c(=O)[nH]3)CN(C(=O)C(O)c3cccc(-c5cccc(C(C)(C)C)c5)c3)CCC4)CC2)c1. The molecule has 2 N–H and O–H groups in total. The van der Waals surface area contributed by atoms with Gasteiger partial charge in [0.2, 0.25) is 0 Å². The first-order valence-corrected chi connectivity index (χ1v) is 15.7. The zero-order chi connectivity index (χ0) is 31.2. The van der Waals surface area contributed by atoms with Crippen LogP contribution in [0.4, 0.5) is 0 Å². The van der Waals surface area contributed by atoms with Gasteiger partial charge in [0, 0.05) is 18.9 Å². The van der Waals surface area contributed by atoms with Crippen LogP contribution >= 0.6 is 0 Å². The summed E-state index contributed by atoms with van der Waals surface area (Å²) in [5.74, 6) is 0.645. The lowest BCUT2D eigenvalue weighted by molar-refractivity contribution is -0.141. The van der Waals surface area contributed by atoms with Crippen molar-refractivity contribution in [3.05, 3.63) is 117 Å². The van der Waals surface area contributed by atoms with Crippen LogP contribution in [0.1, 0.15) is 105 Å². The molecule has 0 bridgehead atoms. The van der Waals surface area contributed by atoms with Gasteiger partial charge in [0.1, 0.15) is 5.82 Å². The van der Waals surface area contributed by atoms with E-state index in [1.165, 1.54) is 11.1 Å². The first kappa shape index (κ1) is 29.9. The van der Waals surface area contributed by atoms with E-state index in [-0.39, 0.29) is 22.9 Å². The molecule has 7 nitrogen and oxygen atoms in total. The lowest BCUT2D eigenvalue weighted by Gasteiger charge is -2.24. The van der Waals surface area contributed by atoms with Gasteiger partial charge in [0.25, 0.3) is 11.5 Å². The summed E-state index contributed by atoms with van der Waals surface area (Å²) >= 11 is 0. The van der Waals surface area contributed by atoms with Gasteiger partial charge in [0.05, 0.1) is 23.2 Å². The number of aliphatic hydroxyl groups is 1. The fraction of sp³-hybridized carbons (Fsp3) is 0.405. The Morgan fingerprint density at radius 1 is 1.00 bits per heavy atom. The molecule has 1 unspecified atom stereocenters. The molecule has 2 aromatic carbocycles. The van der Waals surface area contributed by atoms with Crippen molar-refractivity contribution < 1.29 is 9.90 Å². The number of aliphatic hydroxyl groups excluding tert-OH is 1. The molecule has 1 aliphatic heterocycles. The summed E-state index contributed by atoms with van der Waals surface area (Å²) in [5.41, 5.74) is 6.72. The van der Waals surface area contributed by atoms with E-state index in [9.17, 15) is 14.7 Å². The number of benzene rings is 2. The number of pyridine rings is 1. The number of aromatic amines is 1. The van der Waals surface area contributed by atoms with Gasteiger partial charge in [-0.2, -0.15) is 0 Å². The third-order valence-electron chi connectivity index (χ3n) is 9.28. The molecule has 6 rings (SSSR count). The fourth-order valence-corrected chi connectivity index (χ4v) is 6.23. The number of fused-ring (bicyclic) bond motifs is 1. The van der Waals surface area contributed by atoms with Crippen LogP contribution in [0.5, 0.6) is 0 Å². The number of carbonyl (C=O) groups is 1. The first-order valence-electron chi connectivity index (χ1n) is 15.7. The third-order valence-corrected chi connectivity index (χ3v) is 9.28. The highest BCUT2D eigenvalue weighted by atomic mass is 16.3. The quantitative estimate of drug-likeness (QED) is 0.273. The van der Waals surface area contributed by atoms with E-state index in [2.05, 4.69) is 62.8 Å². The Balaban J connectivity index is 1.24. The average molecular weight is 591 g/mol. The summed E-state index contributed by atoms with van der Waals surface area (Å²) < 4.78 is 0. The number of H-pyrrole nitrogens is 1. The second-order valence-electron chi connectivity index (χ2n) is 13.8. The molecule has 228 valence electrons. The van der Waals surface area contributed by atoms with E-state index < -0.39 is 12.0 Å². The largest absolute Gasteiger partial charge is 0.378 e. The number of nitrogens with one attached hydrogen (secondary N) is 1. The lowest BCUT2D eigenvalue weighted by Crippen LogP contribution is -2.36. The molecule has 0 saturated heterocycles. The highest BCUT2D eigenvalue weighted by Crippen LogP contribution is 2.52. The van der Waals surface area contributed by atoms with Crippen LogP contribution in [0.25, 0.3) is 11.1 Å².